The Bertz CT molecular complexity index is 831. The van der Waals surface area contributed by atoms with E-state index in [0.717, 1.165) is 24.0 Å². The highest BCUT2D eigenvalue weighted by atomic mass is 16.2. The minimum atomic E-state index is -0.869. The molecule has 0 bridgehead atoms. The molecule has 2 aromatic carbocycles. The summed E-state index contributed by atoms with van der Waals surface area (Å²) in [5, 5.41) is 12.3. The number of hydrogen-bond donors (Lipinski definition) is 1. The lowest BCUT2D eigenvalue weighted by Crippen LogP contribution is -2.32. The second-order valence-electron chi connectivity index (χ2n) is 6.05. The molecule has 2 aromatic rings. The summed E-state index contributed by atoms with van der Waals surface area (Å²) >= 11 is 0. The van der Waals surface area contributed by atoms with Gasteiger partial charge in [0.1, 0.15) is 5.41 Å². The largest absolute Gasteiger partial charge is 0.325 e. The fraction of sp³-hybridized carbons (Fsp3) is 0.238. The van der Waals surface area contributed by atoms with Gasteiger partial charge in [-0.05, 0) is 43.2 Å². The number of rotatable bonds is 2. The SMILES string of the molecule is N#CC1(C(=O)Nc2cccc(C#Cc3ccccc3)c2)CCCC1. The lowest BCUT2D eigenvalue weighted by atomic mass is 9.87. The predicted molar refractivity (Wildman–Crippen MR) is 94.0 cm³/mol. The number of amides is 1. The standard InChI is InChI=1S/C21H18N2O/c22-16-21(13-4-5-14-21)20(24)23-19-10-6-9-18(15-19)12-11-17-7-2-1-3-8-17/h1-3,6-10,15H,4-5,13-14H2,(H,23,24). The van der Waals surface area contributed by atoms with Crippen LogP contribution in [0, 0.1) is 28.6 Å². The Kier molecular flexibility index (Phi) is 4.64. The number of carbonyl (C=O) groups excluding carboxylic acids is 1. The minimum absolute atomic E-state index is 0.198. The maximum absolute atomic E-state index is 12.5. The van der Waals surface area contributed by atoms with Gasteiger partial charge in [0, 0.05) is 16.8 Å². The minimum Gasteiger partial charge on any atom is -0.325 e. The lowest BCUT2D eigenvalue weighted by molar-refractivity contribution is -0.122. The summed E-state index contributed by atoms with van der Waals surface area (Å²) in [5.74, 6) is 6.00. The fourth-order valence-corrected chi connectivity index (χ4v) is 2.96. The number of nitriles is 1. The van der Waals surface area contributed by atoms with E-state index in [2.05, 4.69) is 23.2 Å². The van der Waals surface area contributed by atoms with Gasteiger partial charge in [0.15, 0.2) is 0 Å². The molecule has 0 heterocycles. The van der Waals surface area contributed by atoms with Crippen molar-refractivity contribution in [3.05, 3.63) is 65.7 Å². The molecule has 0 atom stereocenters. The van der Waals surface area contributed by atoms with Crippen LogP contribution in [0.4, 0.5) is 5.69 Å². The maximum Gasteiger partial charge on any atom is 0.244 e. The monoisotopic (exact) mass is 314 g/mol. The van der Waals surface area contributed by atoms with Crippen molar-refractivity contribution in [2.24, 2.45) is 5.41 Å². The van der Waals surface area contributed by atoms with Crippen LogP contribution in [0.3, 0.4) is 0 Å². The van der Waals surface area contributed by atoms with E-state index >= 15 is 0 Å². The molecule has 0 saturated heterocycles. The number of nitrogens with one attached hydrogen (secondary N) is 1. The molecule has 0 radical (unpaired) electrons. The van der Waals surface area contributed by atoms with Gasteiger partial charge < -0.3 is 5.32 Å². The molecule has 118 valence electrons. The van der Waals surface area contributed by atoms with Crippen molar-refractivity contribution < 1.29 is 4.79 Å². The van der Waals surface area contributed by atoms with Crippen LogP contribution in [0.5, 0.6) is 0 Å². The second-order valence-corrected chi connectivity index (χ2v) is 6.05. The van der Waals surface area contributed by atoms with Crippen molar-refractivity contribution in [1.29, 1.82) is 5.26 Å². The van der Waals surface area contributed by atoms with E-state index in [-0.39, 0.29) is 5.91 Å². The Labute approximate surface area is 142 Å². The molecule has 24 heavy (non-hydrogen) atoms. The maximum atomic E-state index is 12.5. The van der Waals surface area contributed by atoms with Crippen LogP contribution in [0.1, 0.15) is 36.8 Å². The summed E-state index contributed by atoms with van der Waals surface area (Å²) in [6.45, 7) is 0. The topological polar surface area (TPSA) is 52.9 Å². The number of carbonyl (C=O) groups is 1. The molecule has 1 saturated carbocycles. The Morgan fingerprint density at radius 3 is 2.33 bits per heavy atom. The summed E-state index contributed by atoms with van der Waals surface area (Å²) in [4.78, 5) is 12.5. The fourth-order valence-electron chi connectivity index (χ4n) is 2.96. The zero-order valence-corrected chi connectivity index (χ0v) is 13.4. The van der Waals surface area contributed by atoms with Gasteiger partial charge in [-0.2, -0.15) is 5.26 Å². The van der Waals surface area contributed by atoms with Crippen molar-refractivity contribution >= 4 is 11.6 Å². The molecule has 1 N–H and O–H groups in total. The van der Waals surface area contributed by atoms with Crippen LogP contribution in [0.25, 0.3) is 0 Å². The number of benzene rings is 2. The quantitative estimate of drug-likeness (QED) is 0.848. The van der Waals surface area contributed by atoms with E-state index in [1.54, 1.807) is 0 Å². The van der Waals surface area contributed by atoms with Crippen molar-refractivity contribution in [1.82, 2.24) is 0 Å². The van der Waals surface area contributed by atoms with E-state index in [1.165, 1.54) is 0 Å². The molecule has 3 rings (SSSR count). The van der Waals surface area contributed by atoms with Crippen molar-refractivity contribution in [2.45, 2.75) is 25.7 Å². The summed E-state index contributed by atoms with van der Waals surface area (Å²) in [6.07, 6.45) is 3.15. The van der Waals surface area contributed by atoms with Crippen LogP contribution in [0.15, 0.2) is 54.6 Å². The number of nitrogens with zero attached hydrogens (tertiary/aromatic N) is 1. The Balaban J connectivity index is 1.76. The summed E-state index contributed by atoms with van der Waals surface area (Å²) in [6, 6.07) is 19.4. The van der Waals surface area contributed by atoms with Gasteiger partial charge in [0.25, 0.3) is 0 Å². The molecule has 1 aliphatic carbocycles. The molecule has 0 aromatic heterocycles. The van der Waals surface area contributed by atoms with E-state index < -0.39 is 5.41 Å². The average molecular weight is 314 g/mol. The Hall–Kier alpha value is -3.04. The van der Waals surface area contributed by atoms with E-state index in [0.29, 0.717) is 18.5 Å². The highest BCUT2D eigenvalue weighted by molar-refractivity contribution is 5.97. The highest BCUT2D eigenvalue weighted by Crippen LogP contribution is 2.38. The summed E-state index contributed by atoms with van der Waals surface area (Å²) < 4.78 is 0. The highest BCUT2D eigenvalue weighted by Gasteiger charge is 2.41. The average Bonchev–Trinajstić information content (AvgIpc) is 3.12. The first-order chi connectivity index (χ1) is 11.7. The number of hydrogen-bond acceptors (Lipinski definition) is 2. The third kappa shape index (κ3) is 3.47. The van der Waals surface area contributed by atoms with E-state index in [1.807, 2.05) is 54.6 Å². The first-order valence-electron chi connectivity index (χ1n) is 8.12. The smallest absolute Gasteiger partial charge is 0.244 e. The first-order valence-corrected chi connectivity index (χ1v) is 8.12. The normalized spacial score (nSPS) is 15.0. The zero-order valence-electron chi connectivity index (χ0n) is 13.4. The molecular weight excluding hydrogens is 296 g/mol. The molecule has 3 nitrogen and oxygen atoms in total. The van der Waals surface area contributed by atoms with Crippen molar-refractivity contribution in [3.63, 3.8) is 0 Å². The van der Waals surface area contributed by atoms with Crippen molar-refractivity contribution in [2.75, 3.05) is 5.32 Å². The lowest BCUT2D eigenvalue weighted by Gasteiger charge is -2.19. The van der Waals surface area contributed by atoms with Crippen LogP contribution in [-0.2, 0) is 4.79 Å². The van der Waals surface area contributed by atoms with Crippen LogP contribution >= 0.6 is 0 Å². The predicted octanol–water partition coefficient (Wildman–Crippen LogP) is 4.11. The van der Waals surface area contributed by atoms with Gasteiger partial charge in [-0.1, -0.05) is 48.9 Å². The van der Waals surface area contributed by atoms with Crippen LogP contribution in [0.2, 0.25) is 0 Å². The van der Waals surface area contributed by atoms with Crippen molar-refractivity contribution in [3.8, 4) is 17.9 Å². The Morgan fingerprint density at radius 1 is 0.958 bits per heavy atom. The molecule has 0 aliphatic heterocycles. The number of anilines is 1. The molecule has 1 aliphatic rings. The van der Waals surface area contributed by atoms with Gasteiger partial charge in [0.2, 0.25) is 5.91 Å². The third-order valence-corrected chi connectivity index (χ3v) is 4.35. The van der Waals surface area contributed by atoms with Crippen LogP contribution < -0.4 is 5.32 Å². The van der Waals surface area contributed by atoms with Gasteiger partial charge >= 0.3 is 0 Å². The Morgan fingerprint density at radius 2 is 1.62 bits per heavy atom. The van der Waals surface area contributed by atoms with Gasteiger partial charge in [-0.3, -0.25) is 4.79 Å². The summed E-state index contributed by atoms with van der Waals surface area (Å²) in [5.41, 5.74) is 1.59. The second kappa shape index (κ2) is 7.02. The van der Waals surface area contributed by atoms with Gasteiger partial charge in [-0.25, -0.2) is 0 Å². The third-order valence-electron chi connectivity index (χ3n) is 4.35. The molecule has 0 unspecified atom stereocenters. The first kappa shape index (κ1) is 15.8. The molecule has 0 spiro atoms. The molecule has 1 amide bonds. The molecular formula is C21H18N2O. The van der Waals surface area contributed by atoms with Crippen LogP contribution in [-0.4, -0.2) is 5.91 Å². The molecule has 1 fully saturated rings. The zero-order chi connectivity index (χ0) is 16.8. The molecule has 3 heteroatoms. The summed E-state index contributed by atoms with van der Waals surface area (Å²) in [7, 11) is 0. The van der Waals surface area contributed by atoms with Gasteiger partial charge in [-0.15, -0.1) is 0 Å². The van der Waals surface area contributed by atoms with E-state index in [4.69, 9.17) is 0 Å². The van der Waals surface area contributed by atoms with E-state index in [9.17, 15) is 10.1 Å². The van der Waals surface area contributed by atoms with Gasteiger partial charge in [0.05, 0.1) is 6.07 Å².